The Morgan fingerprint density at radius 3 is 2.50 bits per heavy atom. The van der Waals surface area contributed by atoms with Gasteiger partial charge in [0, 0.05) is 17.0 Å². The van der Waals surface area contributed by atoms with Crippen LogP contribution in [0.3, 0.4) is 0 Å². The molecule has 0 bridgehead atoms. The molecule has 1 aliphatic rings. The van der Waals surface area contributed by atoms with Gasteiger partial charge in [0.1, 0.15) is 10.6 Å². The molecule has 24 heavy (non-hydrogen) atoms. The van der Waals surface area contributed by atoms with Crippen molar-refractivity contribution in [1.29, 1.82) is 0 Å². The van der Waals surface area contributed by atoms with E-state index in [4.69, 9.17) is 11.6 Å². The standard InChI is InChI=1S/C19H20ClN3S/c20-19-22-17(21-14-10-6-1-2-7-11-14)16-15(12-24-18(16)23-19)13-8-4-3-5-9-13/h3-5,8-9,12,14H,1-2,6-7,10-11H2,(H,21,22,23). The number of nitrogens with zero attached hydrogens (tertiary/aromatic N) is 2. The molecule has 4 rings (SSSR count). The predicted octanol–water partition coefficient (Wildman–Crippen LogP) is 6.15. The molecule has 0 atom stereocenters. The minimum atomic E-state index is 0.320. The molecule has 0 unspecified atom stereocenters. The number of anilines is 1. The van der Waals surface area contributed by atoms with Crippen LogP contribution in [0.15, 0.2) is 35.7 Å². The number of halogens is 1. The summed E-state index contributed by atoms with van der Waals surface area (Å²) in [4.78, 5) is 9.91. The minimum absolute atomic E-state index is 0.320. The number of hydrogen-bond acceptors (Lipinski definition) is 4. The molecule has 0 aliphatic heterocycles. The number of nitrogens with one attached hydrogen (secondary N) is 1. The van der Waals surface area contributed by atoms with Crippen LogP contribution in [0.2, 0.25) is 5.28 Å². The fourth-order valence-electron chi connectivity index (χ4n) is 3.47. The molecule has 124 valence electrons. The molecule has 5 heteroatoms. The van der Waals surface area contributed by atoms with Gasteiger partial charge in [0.2, 0.25) is 5.28 Å². The Labute approximate surface area is 151 Å². The number of hydrogen-bond donors (Lipinski definition) is 1. The zero-order chi connectivity index (χ0) is 16.4. The molecule has 3 aromatic rings. The largest absolute Gasteiger partial charge is 0.367 e. The molecule has 0 amide bonds. The number of thiophene rings is 1. The van der Waals surface area contributed by atoms with E-state index in [0.717, 1.165) is 16.0 Å². The maximum Gasteiger partial charge on any atom is 0.225 e. The van der Waals surface area contributed by atoms with Crippen molar-refractivity contribution < 1.29 is 0 Å². The van der Waals surface area contributed by atoms with Gasteiger partial charge in [-0.15, -0.1) is 11.3 Å². The van der Waals surface area contributed by atoms with E-state index in [1.54, 1.807) is 11.3 Å². The number of benzene rings is 1. The molecule has 2 aromatic heterocycles. The molecular weight excluding hydrogens is 338 g/mol. The second kappa shape index (κ2) is 7.08. The van der Waals surface area contributed by atoms with E-state index >= 15 is 0 Å². The molecule has 1 aromatic carbocycles. The van der Waals surface area contributed by atoms with Crippen molar-refractivity contribution in [1.82, 2.24) is 9.97 Å². The van der Waals surface area contributed by atoms with Gasteiger partial charge in [-0.2, -0.15) is 0 Å². The van der Waals surface area contributed by atoms with E-state index in [1.165, 1.54) is 49.7 Å². The highest BCUT2D eigenvalue weighted by Gasteiger charge is 2.18. The normalized spacial score (nSPS) is 16.2. The maximum absolute atomic E-state index is 6.17. The van der Waals surface area contributed by atoms with Crippen molar-refractivity contribution in [3.05, 3.63) is 41.0 Å². The molecule has 0 radical (unpaired) electrons. The number of rotatable bonds is 3. The lowest BCUT2D eigenvalue weighted by Gasteiger charge is -2.18. The summed E-state index contributed by atoms with van der Waals surface area (Å²) >= 11 is 7.80. The Hall–Kier alpha value is -1.65. The first-order valence-corrected chi connectivity index (χ1v) is 9.84. The summed E-state index contributed by atoms with van der Waals surface area (Å²) in [5, 5.41) is 7.24. The Morgan fingerprint density at radius 2 is 1.75 bits per heavy atom. The van der Waals surface area contributed by atoms with Gasteiger partial charge >= 0.3 is 0 Å². The van der Waals surface area contributed by atoms with Crippen LogP contribution in [-0.2, 0) is 0 Å². The van der Waals surface area contributed by atoms with Crippen molar-refractivity contribution in [2.45, 2.75) is 44.6 Å². The molecule has 1 saturated carbocycles. The van der Waals surface area contributed by atoms with Gasteiger partial charge in [-0.25, -0.2) is 9.97 Å². The molecule has 1 aliphatic carbocycles. The second-order valence-corrected chi connectivity index (χ2v) is 7.57. The van der Waals surface area contributed by atoms with Crippen molar-refractivity contribution in [2.75, 3.05) is 5.32 Å². The second-order valence-electron chi connectivity index (χ2n) is 6.37. The average Bonchev–Trinajstić information content (AvgIpc) is 2.85. The zero-order valence-electron chi connectivity index (χ0n) is 13.5. The van der Waals surface area contributed by atoms with Gasteiger partial charge in [-0.05, 0) is 30.0 Å². The van der Waals surface area contributed by atoms with Crippen LogP contribution in [0.4, 0.5) is 5.82 Å². The highest BCUT2D eigenvalue weighted by molar-refractivity contribution is 7.17. The third-order valence-corrected chi connectivity index (χ3v) is 5.73. The fourth-order valence-corrected chi connectivity index (χ4v) is 4.63. The highest BCUT2D eigenvalue weighted by atomic mass is 35.5. The number of aromatic nitrogens is 2. The van der Waals surface area contributed by atoms with Gasteiger partial charge in [0.05, 0.1) is 5.39 Å². The van der Waals surface area contributed by atoms with Gasteiger partial charge in [0.15, 0.2) is 0 Å². The fraction of sp³-hybridized carbons (Fsp3) is 0.368. The first kappa shape index (κ1) is 15.9. The van der Waals surface area contributed by atoms with Gasteiger partial charge in [0.25, 0.3) is 0 Å². The molecule has 0 spiro atoms. The molecule has 2 heterocycles. The van der Waals surface area contributed by atoms with Crippen molar-refractivity contribution in [3.8, 4) is 11.1 Å². The Bertz CT molecular complexity index is 823. The van der Waals surface area contributed by atoms with Crippen molar-refractivity contribution in [2.24, 2.45) is 0 Å². The number of fused-ring (bicyclic) bond motifs is 1. The summed E-state index contributed by atoms with van der Waals surface area (Å²) in [5.41, 5.74) is 2.38. The summed E-state index contributed by atoms with van der Waals surface area (Å²) in [5.74, 6) is 0.886. The van der Waals surface area contributed by atoms with E-state index in [0.29, 0.717) is 11.3 Å². The van der Waals surface area contributed by atoms with Crippen LogP contribution in [0.5, 0.6) is 0 Å². The lowest BCUT2D eigenvalue weighted by atomic mass is 10.1. The van der Waals surface area contributed by atoms with Gasteiger partial charge in [-0.3, -0.25) is 0 Å². The van der Waals surface area contributed by atoms with E-state index in [-0.39, 0.29) is 0 Å². The van der Waals surface area contributed by atoms with E-state index in [9.17, 15) is 0 Å². The van der Waals surface area contributed by atoms with Crippen LogP contribution in [0.1, 0.15) is 38.5 Å². The molecule has 1 N–H and O–H groups in total. The molecule has 0 saturated heterocycles. The lowest BCUT2D eigenvalue weighted by molar-refractivity contribution is 0.618. The Morgan fingerprint density at radius 1 is 1.00 bits per heavy atom. The van der Waals surface area contributed by atoms with Crippen LogP contribution >= 0.6 is 22.9 Å². The van der Waals surface area contributed by atoms with Crippen LogP contribution in [0, 0.1) is 0 Å². The first-order chi connectivity index (χ1) is 11.8. The Balaban J connectivity index is 1.77. The Kier molecular flexibility index (Phi) is 4.67. The summed E-state index contributed by atoms with van der Waals surface area (Å²) < 4.78 is 0. The summed E-state index contributed by atoms with van der Waals surface area (Å²) in [7, 11) is 0. The average molecular weight is 358 g/mol. The maximum atomic E-state index is 6.17. The zero-order valence-corrected chi connectivity index (χ0v) is 15.0. The molecule has 3 nitrogen and oxygen atoms in total. The summed E-state index contributed by atoms with van der Waals surface area (Å²) in [6.07, 6.45) is 7.66. The summed E-state index contributed by atoms with van der Waals surface area (Å²) in [6.45, 7) is 0. The summed E-state index contributed by atoms with van der Waals surface area (Å²) in [6, 6.07) is 10.9. The predicted molar refractivity (Wildman–Crippen MR) is 103 cm³/mol. The van der Waals surface area contributed by atoms with E-state index in [2.05, 4.69) is 44.9 Å². The SMILES string of the molecule is Clc1nc(NC2CCCCCC2)c2c(-c3ccccc3)csc2n1. The minimum Gasteiger partial charge on any atom is -0.367 e. The smallest absolute Gasteiger partial charge is 0.225 e. The highest BCUT2D eigenvalue weighted by Crippen LogP contribution is 2.38. The van der Waals surface area contributed by atoms with Gasteiger partial charge in [-0.1, -0.05) is 56.0 Å². The van der Waals surface area contributed by atoms with Crippen LogP contribution in [0.25, 0.3) is 21.3 Å². The van der Waals surface area contributed by atoms with Crippen LogP contribution in [-0.4, -0.2) is 16.0 Å². The van der Waals surface area contributed by atoms with E-state index in [1.807, 2.05) is 6.07 Å². The van der Waals surface area contributed by atoms with Crippen molar-refractivity contribution >= 4 is 39.0 Å². The van der Waals surface area contributed by atoms with Crippen molar-refractivity contribution in [3.63, 3.8) is 0 Å². The molecule has 1 fully saturated rings. The van der Waals surface area contributed by atoms with Crippen LogP contribution < -0.4 is 5.32 Å². The third kappa shape index (κ3) is 3.26. The first-order valence-electron chi connectivity index (χ1n) is 8.58. The topological polar surface area (TPSA) is 37.8 Å². The quantitative estimate of drug-likeness (QED) is 0.451. The van der Waals surface area contributed by atoms with Gasteiger partial charge < -0.3 is 5.32 Å². The molecular formula is C19H20ClN3S. The lowest BCUT2D eigenvalue weighted by Crippen LogP contribution is -2.19. The monoisotopic (exact) mass is 357 g/mol. The third-order valence-electron chi connectivity index (χ3n) is 4.69. The van der Waals surface area contributed by atoms with E-state index < -0.39 is 0 Å².